The molecule has 0 amide bonds. The standard InChI is InChI=1S/C8H10Cl2O4/c1-2-13-6(11)4-14-7(12)5-3-8(5,9)10/h5H,2-4H2,1H3. The highest BCUT2D eigenvalue weighted by atomic mass is 35.5. The van der Waals surface area contributed by atoms with Gasteiger partial charge in [-0.2, -0.15) is 0 Å². The highest BCUT2D eigenvalue weighted by Crippen LogP contribution is 2.53. The van der Waals surface area contributed by atoms with E-state index in [4.69, 9.17) is 23.2 Å². The Hall–Kier alpha value is -0.480. The van der Waals surface area contributed by atoms with Gasteiger partial charge in [0.05, 0.1) is 12.5 Å². The summed E-state index contributed by atoms with van der Waals surface area (Å²) in [4.78, 5) is 21.9. The van der Waals surface area contributed by atoms with Crippen LogP contribution in [0.15, 0.2) is 0 Å². The quantitative estimate of drug-likeness (QED) is 0.549. The second-order valence-electron chi connectivity index (χ2n) is 2.93. The van der Waals surface area contributed by atoms with Crippen molar-refractivity contribution >= 4 is 35.1 Å². The van der Waals surface area contributed by atoms with E-state index in [-0.39, 0.29) is 13.2 Å². The summed E-state index contributed by atoms with van der Waals surface area (Å²) < 4.78 is 8.19. The molecule has 0 aromatic rings. The summed E-state index contributed by atoms with van der Waals surface area (Å²) in [6, 6.07) is 0. The minimum atomic E-state index is -1.01. The first-order chi connectivity index (χ1) is 6.47. The Morgan fingerprint density at radius 3 is 2.43 bits per heavy atom. The van der Waals surface area contributed by atoms with Gasteiger partial charge in [0.1, 0.15) is 4.33 Å². The van der Waals surface area contributed by atoms with Gasteiger partial charge in [0.15, 0.2) is 6.61 Å². The molecule has 6 heteroatoms. The molecule has 0 aromatic heterocycles. The lowest BCUT2D eigenvalue weighted by Crippen LogP contribution is -2.18. The molecule has 1 atom stereocenters. The van der Waals surface area contributed by atoms with Crippen LogP contribution < -0.4 is 0 Å². The molecule has 0 heterocycles. The summed E-state index contributed by atoms with van der Waals surface area (Å²) in [7, 11) is 0. The van der Waals surface area contributed by atoms with E-state index in [9.17, 15) is 9.59 Å². The van der Waals surface area contributed by atoms with Crippen molar-refractivity contribution in [3.05, 3.63) is 0 Å². The molecule has 1 rings (SSSR count). The van der Waals surface area contributed by atoms with Crippen molar-refractivity contribution in [2.75, 3.05) is 13.2 Å². The van der Waals surface area contributed by atoms with Crippen molar-refractivity contribution in [2.24, 2.45) is 5.92 Å². The molecule has 0 spiro atoms. The van der Waals surface area contributed by atoms with Gasteiger partial charge >= 0.3 is 11.9 Å². The van der Waals surface area contributed by atoms with Crippen molar-refractivity contribution in [1.82, 2.24) is 0 Å². The first-order valence-corrected chi connectivity index (χ1v) is 4.93. The molecule has 0 saturated heterocycles. The van der Waals surface area contributed by atoms with E-state index >= 15 is 0 Å². The maximum absolute atomic E-state index is 11.1. The molecule has 1 fully saturated rings. The Morgan fingerprint density at radius 1 is 1.43 bits per heavy atom. The normalized spacial score (nSPS) is 22.6. The first kappa shape index (κ1) is 11.6. The fraction of sp³-hybridized carbons (Fsp3) is 0.750. The van der Waals surface area contributed by atoms with Gasteiger partial charge in [0, 0.05) is 0 Å². The van der Waals surface area contributed by atoms with Gasteiger partial charge < -0.3 is 9.47 Å². The van der Waals surface area contributed by atoms with E-state index in [1.807, 2.05) is 0 Å². The fourth-order valence-corrected chi connectivity index (χ4v) is 1.39. The number of esters is 2. The van der Waals surface area contributed by atoms with Gasteiger partial charge in [-0.25, -0.2) is 4.79 Å². The largest absolute Gasteiger partial charge is 0.463 e. The number of halogens is 2. The van der Waals surface area contributed by atoms with Gasteiger partial charge in [-0.15, -0.1) is 23.2 Å². The van der Waals surface area contributed by atoms with E-state index in [1.165, 1.54) is 0 Å². The highest BCUT2D eigenvalue weighted by molar-refractivity contribution is 6.52. The van der Waals surface area contributed by atoms with E-state index in [1.54, 1.807) is 6.92 Å². The van der Waals surface area contributed by atoms with E-state index in [0.717, 1.165) is 0 Å². The van der Waals surface area contributed by atoms with Crippen molar-refractivity contribution in [2.45, 2.75) is 17.7 Å². The Kier molecular flexibility index (Phi) is 3.61. The van der Waals surface area contributed by atoms with Crippen LogP contribution in [-0.2, 0) is 19.1 Å². The minimum Gasteiger partial charge on any atom is -0.463 e. The molecule has 0 N–H and O–H groups in total. The second kappa shape index (κ2) is 4.36. The van der Waals surface area contributed by atoms with Crippen molar-refractivity contribution in [1.29, 1.82) is 0 Å². The van der Waals surface area contributed by atoms with Crippen LogP contribution in [0.4, 0.5) is 0 Å². The molecular weight excluding hydrogens is 231 g/mol. The number of ether oxygens (including phenoxy) is 2. The topological polar surface area (TPSA) is 52.6 Å². The average Bonchev–Trinajstić information content (AvgIpc) is 2.72. The van der Waals surface area contributed by atoms with Crippen molar-refractivity contribution in [3.63, 3.8) is 0 Å². The smallest absolute Gasteiger partial charge is 0.344 e. The van der Waals surface area contributed by atoms with Crippen molar-refractivity contribution in [3.8, 4) is 0 Å². The summed E-state index contributed by atoms with van der Waals surface area (Å²) in [6.07, 6.45) is 0.373. The lowest BCUT2D eigenvalue weighted by molar-refractivity contribution is -0.159. The third-order valence-corrected chi connectivity index (χ3v) is 2.58. The zero-order chi connectivity index (χ0) is 10.8. The van der Waals surface area contributed by atoms with Crippen LogP contribution in [-0.4, -0.2) is 29.5 Å². The Morgan fingerprint density at radius 2 is 2.00 bits per heavy atom. The van der Waals surface area contributed by atoms with E-state index in [2.05, 4.69) is 9.47 Å². The number of hydrogen-bond acceptors (Lipinski definition) is 4. The third kappa shape index (κ3) is 3.03. The average molecular weight is 241 g/mol. The monoisotopic (exact) mass is 240 g/mol. The van der Waals surface area contributed by atoms with Crippen LogP contribution in [0.3, 0.4) is 0 Å². The molecule has 0 bridgehead atoms. The second-order valence-corrected chi connectivity index (χ2v) is 4.47. The number of rotatable bonds is 4. The van der Waals surface area contributed by atoms with Crippen LogP contribution in [0, 0.1) is 5.92 Å². The highest BCUT2D eigenvalue weighted by Gasteiger charge is 2.57. The Bertz CT molecular complexity index is 252. The number of alkyl halides is 2. The molecule has 4 nitrogen and oxygen atoms in total. The molecule has 0 aromatic carbocycles. The fourth-order valence-electron chi connectivity index (χ4n) is 0.902. The maximum atomic E-state index is 11.1. The van der Waals surface area contributed by atoms with Crippen LogP contribution in [0.25, 0.3) is 0 Å². The summed E-state index contributed by atoms with van der Waals surface area (Å²) in [5.41, 5.74) is 0. The molecular formula is C8H10Cl2O4. The van der Waals surface area contributed by atoms with Gasteiger partial charge in [0.25, 0.3) is 0 Å². The zero-order valence-corrected chi connectivity index (χ0v) is 9.10. The van der Waals surface area contributed by atoms with Crippen LogP contribution in [0.1, 0.15) is 13.3 Å². The van der Waals surface area contributed by atoms with Gasteiger partial charge in [-0.3, -0.25) is 4.79 Å². The number of hydrogen-bond donors (Lipinski definition) is 0. The predicted molar refractivity (Wildman–Crippen MR) is 50.1 cm³/mol. The number of carbonyl (C=O) groups excluding carboxylic acids is 2. The Balaban J connectivity index is 2.20. The van der Waals surface area contributed by atoms with Crippen LogP contribution in [0.2, 0.25) is 0 Å². The third-order valence-electron chi connectivity index (χ3n) is 1.75. The predicted octanol–water partition coefficient (Wildman–Crippen LogP) is 1.29. The number of carbonyl (C=O) groups is 2. The van der Waals surface area contributed by atoms with Gasteiger partial charge in [-0.05, 0) is 13.3 Å². The van der Waals surface area contributed by atoms with Crippen molar-refractivity contribution < 1.29 is 19.1 Å². The molecule has 1 aliphatic rings. The molecule has 1 aliphatic carbocycles. The van der Waals surface area contributed by atoms with Gasteiger partial charge in [0.2, 0.25) is 0 Å². The maximum Gasteiger partial charge on any atom is 0.344 e. The summed E-state index contributed by atoms with van der Waals surface area (Å²) in [5, 5.41) is 0. The summed E-state index contributed by atoms with van der Waals surface area (Å²) in [5.74, 6) is -1.64. The van der Waals surface area contributed by atoms with E-state index in [0.29, 0.717) is 6.42 Å². The SMILES string of the molecule is CCOC(=O)COC(=O)C1CC1(Cl)Cl. The van der Waals surface area contributed by atoms with Gasteiger partial charge in [-0.1, -0.05) is 0 Å². The summed E-state index contributed by atoms with van der Waals surface area (Å²) in [6.45, 7) is 1.55. The first-order valence-electron chi connectivity index (χ1n) is 4.17. The molecule has 0 aliphatic heterocycles. The lowest BCUT2D eigenvalue weighted by Gasteiger charge is -2.03. The molecule has 1 unspecified atom stereocenters. The lowest BCUT2D eigenvalue weighted by atomic mass is 10.4. The van der Waals surface area contributed by atoms with Crippen LogP contribution in [0.5, 0.6) is 0 Å². The molecule has 14 heavy (non-hydrogen) atoms. The Labute approximate surface area is 91.4 Å². The molecule has 80 valence electrons. The molecule has 0 radical (unpaired) electrons. The van der Waals surface area contributed by atoms with E-state index < -0.39 is 22.2 Å². The zero-order valence-electron chi connectivity index (χ0n) is 7.59. The minimum absolute atomic E-state index is 0.259. The molecule has 1 saturated carbocycles. The summed E-state index contributed by atoms with van der Waals surface area (Å²) >= 11 is 11.3. The van der Waals surface area contributed by atoms with Crippen LogP contribution >= 0.6 is 23.2 Å².